The highest BCUT2D eigenvalue weighted by Gasteiger charge is 2.06. The van der Waals surface area contributed by atoms with Crippen LogP contribution in [0.3, 0.4) is 0 Å². The molecule has 1 aromatic heterocycles. The molecule has 0 radical (unpaired) electrons. The Kier molecular flexibility index (Phi) is 3.14. The fourth-order valence-electron chi connectivity index (χ4n) is 1.53. The van der Waals surface area contributed by atoms with Gasteiger partial charge in [-0.2, -0.15) is 0 Å². The number of benzene rings is 1. The van der Waals surface area contributed by atoms with Crippen molar-refractivity contribution in [2.75, 3.05) is 0 Å². The Morgan fingerprint density at radius 3 is 2.60 bits per heavy atom. The molecule has 1 aromatic carbocycles. The van der Waals surface area contributed by atoms with E-state index < -0.39 is 0 Å². The van der Waals surface area contributed by atoms with Crippen LogP contribution >= 0.6 is 11.3 Å². The van der Waals surface area contributed by atoms with Gasteiger partial charge in [0, 0.05) is 17.8 Å². The quantitative estimate of drug-likeness (QED) is 0.859. The Hall–Kier alpha value is -1.19. The van der Waals surface area contributed by atoms with Crippen LogP contribution in [0, 0.1) is 6.92 Å². The number of aromatic nitrogens is 1. The summed E-state index contributed by atoms with van der Waals surface area (Å²) < 4.78 is 0. The molecule has 0 amide bonds. The summed E-state index contributed by atoms with van der Waals surface area (Å²) in [7, 11) is 0. The van der Waals surface area contributed by atoms with Crippen molar-refractivity contribution in [3.63, 3.8) is 0 Å². The number of hydrogen-bond acceptors (Lipinski definition) is 3. The van der Waals surface area contributed by atoms with Gasteiger partial charge in [0.1, 0.15) is 5.01 Å². The third-order valence-corrected chi connectivity index (χ3v) is 3.36. The number of nitrogens with two attached hydrogens (primary N) is 1. The van der Waals surface area contributed by atoms with E-state index in [9.17, 15) is 0 Å². The molecule has 0 aliphatic carbocycles. The summed E-state index contributed by atoms with van der Waals surface area (Å²) in [5, 5.41) is 1.03. The maximum atomic E-state index is 5.57. The summed E-state index contributed by atoms with van der Waals surface area (Å²) in [5.41, 5.74) is 8.03. The predicted molar refractivity (Wildman–Crippen MR) is 64.0 cm³/mol. The van der Waals surface area contributed by atoms with Gasteiger partial charge in [0.15, 0.2) is 0 Å². The lowest BCUT2D eigenvalue weighted by Crippen LogP contribution is -1.96. The van der Waals surface area contributed by atoms with Crippen molar-refractivity contribution >= 4 is 11.3 Å². The monoisotopic (exact) mass is 218 g/mol. The van der Waals surface area contributed by atoms with Crippen molar-refractivity contribution in [2.45, 2.75) is 19.9 Å². The lowest BCUT2D eigenvalue weighted by Gasteiger charge is -1.98. The molecule has 3 heteroatoms. The maximum absolute atomic E-state index is 5.57. The average molecular weight is 218 g/mol. The normalized spacial score (nSPS) is 10.5. The van der Waals surface area contributed by atoms with E-state index in [0.717, 1.165) is 17.1 Å². The van der Waals surface area contributed by atoms with Crippen molar-refractivity contribution in [2.24, 2.45) is 5.73 Å². The van der Waals surface area contributed by atoms with Crippen LogP contribution in [0.1, 0.15) is 21.1 Å². The molecule has 78 valence electrons. The maximum Gasteiger partial charge on any atom is 0.107 e. The van der Waals surface area contributed by atoms with Crippen molar-refractivity contribution in [3.8, 4) is 0 Å². The molecular weight excluding hydrogens is 204 g/mol. The molecule has 0 spiro atoms. The highest BCUT2D eigenvalue weighted by molar-refractivity contribution is 7.11. The topological polar surface area (TPSA) is 38.9 Å². The summed E-state index contributed by atoms with van der Waals surface area (Å²) in [6.45, 7) is 2.65. The molecule has 0 unspecified atom stereocenters. The fraction of sp³-hybridized carbons (Fsp3) is 0.250. The van der Waals surface area contributed by atoms with Crippen LogP contribution in [0.15, 0.2) is 30.3 Å². The zero-order valence-corrected chi connectivity index (χ0v) is 9.55. The van der Waals surface area contributed by atoms with Crippen molar-refractivity contribution < 1.29 is 0 Å². The van der Waals surface area contributed by atoms with E-state index in [1.165, 1.54) is 10.4 Å². The van der Waals surface area contributed by atoms with Gasteiger partial charge in [-0.25, -0.2) is 4.98 Å². The highest BCUT2D eigenvalue weighted by atomic mass is 32.1. The van der Waals surface area contributed by atoms with E-state index in [-0.39, 0.29) is 0 Å². The zero-order chi connectivity index (χ0) is 10.7. The first-order valence-corrected chi connectivity index (χ1v) is 5.80. The van der Waals surface area contributed by atoms with Gasteiger partial charge in [-0.05, 0) is 12.5 Å². The van der Waals surface area contributed by atoms with E-state index >= 15 is 0 Å². The molecule has 0 saturated carbocycles. The Morgan fingerprint density at radius 2 is 2.00 bits per heavy atom. The molecule has 0 fully saturated rings. The van der Waals surface area contributed by atoms with Crippen molar-refractivity contribution in [1.29, 1.82) is 0 Å². The van der Waals surface area contributed by atoms with E-state index in [4.69, 9.17) is 5.73 Å². The highest BCUT2D eigenvalue weighted by Crippen LogP contribution is 2.19. The lowest BCUT2D eigenvalue weighted by molar-refractivity contribution is 0.989. The molecule has 2 nitrogen and oxygen atoms in total. The Morgan fingerprint density at radius 1 is 1.27 bits per heavy atom. The smallest absolute Gasteiger partial charge is 0.107 e. The molecule has 2 rings (SSSR count). The second kappa shape index (κ2) is 4.55. The van der Waals surface area contributed by atoms with Crippen molar-refractivity contribution in [3.05, 3.63) is 51.5 Å². The van der Waals surface area contributed by atoms with E-state index in [2.05, 4.69) is 36.2 Å². The second-order valence-electron chi connectivity index (χ2n) is 3.48. The molecule has 2 aromatic rings. The minimum atomic E-state index is 0.542. The molecule has 15 heavy (non-hydrogen) atoms. The number of thiazole rings is 1. The van der Waals surface area contributed by atoms with Crippen LogP contribution < -0.4 is 5.73 Å². The average Bonchev–Trinajstić information content (AvgIpc) is 2.61. The number of hydrogen-bond donors (Lipinski definition) is 1. The first-order chi connectivity index (χ1) is 7.29. The largest absolute Gasteiger partial charge is 0.325 e. The minimum absolute atomic E-state index is 0.542. The number of nitrogens with zero attached hydrogens (tertiary/aromatic N) is 1. The molecule has 1 heterocycles. The predicted octanol–water partition coefficient (Wildman–Crippen LogP) is 2.50. The number of rotatable bonds is 3. The van der Waals surface area contributed by atoms with E-state index in [1.807, 2.05) is 6.07 Å². The van der Waals surface area contributed by atoms with Crippen LogP contribution in [0.5, 0.6) is 0 Å². The van der Waals surface area contributed by atoms with Gasteiger partial charge in [-0.3, -0.25) is 0 Å². The van der Waals surface area contributed by atoms with Gasteiger partial charge in [-0.15, -0.1) is 11.3 Å². The molecule has 0 atom stereocenters. The Labute approximate surface area is 93.8 Å². The Bertz CT molecular complexity index is 434. The second-order valence-corrected chi connectivity index (χ2v) is 4.76. The van der Waals surface area contributed by atoms with Gasteiger partial charge >= 0.3 is 0 Å². The van der Waals surface area contributed by atoms with Crippen LogP contribution in [0.2, 0.25) is 0 Å². The first kappa shape index (κ1) is 10.3. The lowest BCUT2D eigenvalue weighted by atomic mass is 10.1. The number of aryl methyl sites for hydroxylation is 1. The molecule has 0 aliphatic heterocycles. The van der Waals surface area contributed by atoms with Gasteiger partial charge in [-0.1, -0.05) is 30.3 Å². The summed E-state index contributed by atoms with van der Waals surface area (Å²) in [6, 6.07) is 10.4. The van der Waals surface area contributed by atoms with Crippen LogP contribution in [-0.2, 0) is 13.0 Å². The van der Waals surface area contributed by atoms with Crippen LogP contribution in [0.4, 0.5) is 0 Å². The fourth-order valence-corrected chi connectivity index (χ4v) is 2.36. The zero-order valence-electron chi connectivity index (χ0n) is 8.73. The third-order valence-electron chi connectivity index (χ3n) is 2.33. The van der Waals surface area contributed by atoms with Gasteiger partial charge in [0.25, 0.3) is 0 Å². The molecule has 0 saturated heterocycles. The molecular formula is C12H14N2S. The molecule has 0 bridgehead atoms. The van der Waals surface area contributed by atoms with Gasteiger partial charge in [0.05, 0.1) is 5.69 Å². The van der Waals surface area contributed by atoms with Crippen LogP contribution in [0.25, 0.3) is 0 Å². The summed E-state index contributed by atoms with van der Waals surface area (Å²) in [5.74, 6) is 0. The van der Waals surface area contributed by atoms with Gasteiger partial charge in [0.2, 0.25) is 0 Å². The SMILES string of the molecule is Cc1sc(CN)nc1Cc1ccccc1. The first-order valence-electron chi connectivity index (χ1n) is 4.99. The van der Waals surface area contributed by atoms with Crippen LogP contribution in [-0.4, -0.2) is 4.98 Å². The standard InChI is InChI=1S/C12H14N2S/c1-9-11(14-12(8-13)15-9)7-10-5-3-2-4-6-10/h2-6H,7-8,13H2,1H3. The Balaban J connectivity index is 2.21. The van der Waals surface area contributed by atoms with E-state index in [0.29, 0.717) is 6.54 Å². The summed E-state index contributed by atoms with van der Waals surface area (Å²) >= 11 is 1.70. The minimum Gasteiger partial charge on any atom is -0.325 e. The van der Waals surface area contributed by atoms with Crippen molar-refractivity contribution in [1.82, 2.24) is 4.98 Å². The molecule has 0 aliphatic rings. The third kappa shape index (κ3) is 2.43. The molecule has 2 N–H and O–H groups in total. The summed E-state index contributed by atoms with van der Waals surface area (Å²) in [6.07, 6.45) is 0.906. The van der Waals surface area contributed by atoms with Gasteiger partial charge < -0.3 is 5.73 Å². The van der Waals surface area contributed by atoms with E-state index in [1.54, 1.807) is 11.3 Å². The summed E-state index contributed by atoms with van der Waals surface area (Å²) in [4.78, 5) is 5.79.